The molecule has 0 unspecified atom stereocenters. The van der Waals surface area contributed by atoms with Crippen molar-refractivity contribution in [1.82, 2.24) is 15.3 Å². The van der Waals surface area contributed by atoms with Crippen molar-refractivity contribution in [1.29, 1.82) is 0 Å². The summed E-state index contributed by atoms with van der Waals surface area (Å²) >= 11 is 4.94. The van der Waals surface area contributed by atoms with Crippen molar-refractivity contribution >= 4 is 18.1 Å². The number of nitrogens with one attached hydrogen (secondary N) is 3. The summed E-state index contributed by atoms with van der Waals surface area (Å²) in [5, 5.41) is 3.10. The van der Waals surface area contributed by atoms with Crippen LogP contribution in [0.15, 0.2) is 35.1 Å². The first-order valence-electron chi connectivity index (χ1n) is 8.53. The van der Waals surface area contributed by atoms with Crippen molar-refractivity contribution < 1.29 is 4.79 Å². The number of benzene rings is 1. The van der Waals surface area contributed by atoms with E-state index in [1.54, 1.807) is 6.92 Å². The molecule has 1 amide bonds. The molecule has 134 valence electrons. The van der Waals surface area contributed by atoms with E-state index in [0.29, 0.717) is 28.4 Å². The lowest BCUT2D eigenvalue weighted by Crippen LogP contribution is -2.30. The molecule has 3 N–H and O–H groups in total. The molecule has 0 spiro atoms. The van der Waals surface area contributed by atoms with E-state index in [2.05, 4.69) is 29.1 Å². The molecule has 0 fully saturated rings. The fourth-order valence-corrected chi connectivity index (χ4v) is 3.11. The molecule has 0 saturated heterocycles. The van der Waals surface area contributed by atoms with Crippen LogP contribution in [0, 0.1) is 17.6 Å². The van der Waals surface area contributed by atoms with E-state index in [1.807, 2.05) is 30.3 Å². The predicted molar refractivity (Wildman–Crippen MR) is 102 cm³/mol. The Hall–Kier alpha value is -2.21. The Morgan fingerprint density at radius 1 is 1.20 bits per heavy atom. The second kappa shape index (κ2) is 8.76. The van der Waals surface area contributed by atoms with Crippen LogP contribution in [0.4, 0.5) is 0 Å². The molecule has 0 aliphatic carbocycles. The Morgan fingerprint density at radius 2 is 1.88 bits per heavy atom. The molecule has 1 aromatic heterocycles. The molecule has 1 aromatic carbocycles. The standard InChI is InChI=1S/C19H25N3O2S/c1-12(2)11-16(14-7-5-4-6-8-14)21-17(23)10-9-15-13(3)20-19(25)22-18(15)24/h4-8,12,16H,9-11H2,1-3H3,(H,21,23)(H2,20,22,24,25)/t16-/m1/s1. The maximum Gasteiger partial charge on any atom is 0.255 e. The highest BCUT2D eigenvalue weighted by Gasteiger charge is 2.16. The van der Waals surface area contributed by atoms with Gasteiger partial charge in [-0.15, -0.1) is 0 Å². The zero-order valence-electron chi connectivity index (χ0n) is 14.9. The average molecular weight is 359 g/mol. The minimum atomic E-state index is -0.226. The molecule has 0 bridgehead atoms. The summed E-state index contributed by atoms with van der Waals surface area (Å²) in [6.45, 7) is 6.07. The monoisotopic (exact) mass is 359 g/mol. The summed E-state index contributed by atoms with van der Waals surface area (Å²) in [6, 6.07) is 9.95. The quantitative estimate of drug-likeness (QED) is 0.661. The molecule has 1 heterocycles. The molecule has 2 aromatic rings. The Kier molecular flexibility index (Phi) is 6.70. The van der Waals surface area contributed by atoms with Gasteiger partial charge in [-0.3, -0.25) is 14.6 Å². The fourth-order valence-electron chi connectivity index (χ4n) is 2.87. The number of aromatic nitrogens is 2. The van der Waals surface area contributed by atoms with Gasteiger partial charge < -0.3 is 10.3 Å². The number of hydrogen-bond acceptors (Lipinski definition) is 3. The maximum atomic E-state index is 12.4. The number of hydrogen-bond donors (Lipinski definition) is 3. The molecule has 0 aliphatic heterocycles. The zero-order chi connectivity index (χ0) is 18.4. The van der Waals surface area contributed by atoms with Crippen LogP contribution in [0.25, 0.3) is 0 Å². The third-order valence-corrected chi connectivity index (χ3v) is 4.31. The van der Waals surface area contributed by atoms with Gasteiger partial charge in [0.1, 0.15) is 0 Å². The van der Waals surface area contributed by atoms with E-state index >= 15 is 0 Å². The van der Waals surface area contributed by atoms with Crippen molar-refractivity contribution in [2.24, 2.45) is 5.92 Å². The number of amides is 1. The summed E-state index contributed by atoms with van der Waals surface area (Å²) in [5.41, 5.74) is 2.16. The molecule has 2 rings (SSSR count). The molecule has 0 aliphatic rings. The Bertz CT molecular complexity index is 825. The van der Waals surface area contributed by atoms with E-state index < -0.39 is 0 Å². The average Bonchev–Trinajstić information content (AvgIpc) is 2.53. The second-order valence-corrected chi connectivity index (χ2v) is 7.08. The fraction of sp³-hybridized carbons (Fsp3) is 0.421. The van der Waals surface area contributed by atoms with Crippen LogP contribution < -0.4 is 10.9 Å². The summed E-state index contributed by atoms with van der Waals surface area (Å²) in [4.78, 5) is 29.9. The van der Waals surface area contributed by atoms with Crippen molar-refractivity contribution in [2.75, 3.05) is 0 Å². The Labute approximate surface area is 152 Å². The Morgan fingerprint density at radius 3 is 2.48 bits per heavy atom. The van der Waals surface area contributed by atoms with Crippen molar-refractivity contribution in [3.8, 4) is 0 Å². The van der Waals surface area contributed by atoms with Gasteiger partial charge in [0.2, 0.25) is 5.91 Å². The summed E-state index contributed by atoms with van der Waals surface area (Å²) in [5.74, 6) is 0.403. The van der Waals surface area contributed by atoms with Crippen LogP contribution in [0.5, 0.6) is 0 Å². The molecule has 0 saturated carbocycles. The molecule has 0 radical (unpaired) electrons. The number of aryl methyl sites for hydroxylation is 1. The lowest BCUT2D eigenvalue weighted by molar-refractivity contribution is -0.121. The molecular weight excluding hydrogens is 334 g/mol. The van der Waals surface area contributed by atoms with Gasteiger partial charge in [-0.2, -0.15) is 0 Å². The number of H-pyrrole nitrogens is 2. The van der Waals surface area contributed by atoms with Crippen LogP contribution in [-0.2, 0) is 11.2 Å². The number of aromatic amines is 2. The van der Waals surface area contributed by atoms with E-state index in [9.17, 15) is 9.59 Å². The van der Waals surface area contributed by atoms with E-state index in [1.165, 1.54) is 0 Å². The predicted octanol–water partition coefficient (Wildman–Crippen LogP) is 3.58. The van der Waals surface area contributed by atoms with Gasteiger partial charge in [0, 0.05) is 17.7 Å². The van der Waals surface area contributed by atoms with Gasteiger partial charge in [0.05, 0.1) is 6.04 Å². The first kappa shape index (κ1) is 19.1. The normalized spacial score (nSPS) is 12.2. The summed E-state index contributed by atoms with van der Waals surface area (Å²) in [7, 11) is 0. The van der Waals surface area contributed by atoms with Crippen LogP contribution in [0.1, 0.15) is 49.6 Å². The van der Waals surface area contributed by atoms with Gasteiger partial charge in [-0.05, 0) is 43.5 Å². The molecule has 5 nitrogen and oxygen atoms in total. The zero-order valence-corrected chi connectivity index (χ0v) is 15.7. The smallest absolute Gasteiger partial charge is 0.255 e. The third-order valence-electron chi connectivity index (χ3n) is 4.10. The van der Waals surface area contributed by atoms with Crippen LogP contribution >= 0.6 is 12.2 Å². The highest BCUT2D eigenvalue weighted by atomic mass is 32.1. The first-order valence-corrected chi connectivity index (χ1v) is 8.94. The van der Waals surface area contributed by atoms with Gasteiger partial charge in [0.15, 0.2) is 4.77 Å². The number of carbonyl (C=O) groups is 1. The summed E-state index contributed by atoms with van der Waals surface area (Å²) < 4.78 is 0.303. The van der Waals surface area contributed by atoms with E-state index in [0.717, 1.165) is 12.0 Å². The minimum absolute atomic E-state index is 0.0188. The molecular formula is C19H25N3O2S. The summed E-state index contributed by atoms with van der Waals surface area (Å²) in [6.07, 6.45) is 1.51. The van der Waals surface area contributed by atoms with Crippen LogP contribution in [0.3, 0.4) is 0 Å². The Balaban J connectivity index is 2.04. The first-order chi connectivity index (χ1) is 11.9. The van der Waals surface area contributed by atoms with Crippen molar-refractivity contribution in [2.45, 2.75) is 46.1 Å². The topological polar surface area (TPSA) is 77.8 Å². The number of carbonyl (C=O) groups excluding carboxylic acids is 1. The highest BCUT2D eigenvalue weighted by Crippen LogP contribution is 2.21. The molecule has 25 heavy (non-hydrogen) atoms. The SMILES string of the molecule is Cc1[nH]c(=S)[nH]c(=O)c1CCC(=O)N[C@H](CC(C)C)c1ccccc1. The van der Waals surface area contributed by atoms with Gasteiger partial charge in [-0.25, -0.2) is 0 Å². The van der Waals surface area contributed by atoms with E-state index in [4.69, 9.17) is 12.2 Å². The van der Waals surface area contributed by atoms with Gasteiger partial charge >= 0.3 is 0 Å². The minimum Gasteiger partial charge on any atom is -0.349 e. The maximum absolute atomic E-state index is 12.4. The highest BCUT2D eigenvalue weighted by molar-refractivity contribution is 7.71. The van der Waals surface area contributed by atoms with Gasteiger partial charge in [0.25, 0.3) is 5.56 Å². The largest absolute Gasteiger partial charge is 0.349 e. The second-order valence-electron chi connectivity index (χ2n) is 6.67. The van der Waals surface area contributed by atoms with Crippen LogP contribution in [-0.4, -0.2) is 15.9 Å². The molecule has 6 heteroatoms. The molecule has 1 atom stereocenters. The number of rotatable bonds is 7. The van der Waals surface area contributed by atoms with E-state index in [-0.39, 0.29) is 23.9 Å². The van der Waals surface area contributed by atoms with Crippen LogP contribution in [0.2, 0.25) is 0 Å². The lowest BCUT2D eigenvalue weighted by atomic mass is 9.96. The third kappa shape index (κ3) is 5.67. The van der Waals surface area contributed by atoms with Crippen molar-refractivity contribution in [3.05, 3.63) is 62.3 Å². The van der Waals surface area contributed by atoms with Gasteiger partial charge in [-0.1, -0.05) is 44.2 Å². The van der Waals surface area contributed by atoms with Crippen molar-refractivity contribution in [3.63, 3.8) is 0 Å². The lowest BCUT2D eigenvalue weighted by Gasteiger charge is -2.21.